The van der Waals surface area contributed by atoms with E-state index in [1.807, 2.05) is 18.0 Å². The molecule has 0 aromatic heterocycles. The number of fused-ring (bicyclic) bond motifs is 2. The topological polar surface area (TPSA) is 128 Å². The van der Waals surface area contributed by atoms with E-state index in [2.05, 4.69) is 0 Å². The lowest BCUT2D eigenvalue weighted by Gasteiger charge is -2.39. The molecule has 0 radical (unpaired) electrons. The Bertz CT molecular complexity index is 1280. The zero-order chi connectivity index (χ0) is 28.4. The van der Waals surface area contributed by atoms with Crippen LogP contribution in [0.5, 0.6) is 34.5 Å². The maximum atomic E-state index is 13.4. The molecule has 2 heterocycles. The SMILES string of the molecule is CCOc1c(OCC)c2c(c([N+](=O)[O-])c1OCC)C(=O)OC2C1c2c(cc(OC)c(OC)c2OC)CCN1C. The van der Waals surface area contributed by atoms with E-state index in [9.17, 15) is 14.9 Å². The highest BCUT2D eigenvalue weighted by molar-refractivity contribution is 6.02. The van der Waals surface area contributed by atoms with Crippen molar-refractivity contribution < 1.29 is 42.9 Å². The van der Waals surface area contributed by atoms with Crippen molar-refractivity contribution >= 4 is 11.7 Å². The Morgan fingerprint density at radius 2 is 1.54 bits per heavy atom. The van der Waals surface area contributed by atoms with E-state index < -0.39 is 28.7 Å². The quantitative estimate of drug-likeness (QED) is 0.228. The highest BCUT2D eigenvalue weighted by atomic mass is 16.6. The van der Waals surface area contributed by atoms with Crippen LogP contribution < -0.4 is 28.4 Å². The van der Waals surface area contributed by atoms with Gasteiger partial charge in [-0.05, 0) is 45.9 Å². The fourth-order valence-electron chi connectivity index (χ4n) is 5.44. The van der Waals surface area contributed by atoms with Crippen molar-refractivity contribution in [1.82, 2.24) is 4.90 Å². The lowest BCUT2D eigenvalue weighted by Crippen LogP contribution is -2.36. The molecule has 0 saturated carbocycles. The van der Waals surface area contributed by atoms with Crippen LogP contribution in [-0.2, 0) is 11.2 Å². The molecule has 0 saturated heterocycles. The van der Waals surface area contributed by atoms with Crippen molar-refractivity contribution in [3.63, 3.8) is 0 Å². The summed E-state index contributed by atoms with van der Waals surface area (Å²) in [5.74, 6) is 0.563. The molecule has 2 aliphatic rings. The van der Waals surface area contributed by atoms with Crippen LogP contribution in [0.25, 0.3) is 0 Å². The zero-order valence-electron chi connectivity index (χ0n) is 23.2. The standard InChI is InChI=1S/C27H34N2O10/c1-8-36-24-18-17(20(29(31)32)25(37-9-2)26(24)38-10-3)27(30)39-22(18)19-16-14(11-12-28(19)4)13-15(33-5)21(34-6)23(16)35-7/h13,19,22H,8-12H2,1-7H3. The van der Waals surface area contributed by atoms with Gasteiger partial charge in [0.05, 0.1) is 57.7 Å². The molecule has 4 rings (SSSR count). The molecule has 2 atom stereocenters. The van der Waals surface area contributed by atoms with Gasteiger partial charge in [-0.15, -0.1) is 0 Å². The summed E-state index contributed by atoms with van der Waals surface area (Å²) in [5.41, 5.74) is 1.17. The van der Waals surface area contributed by atoms with Gasteiger partial charge in [-0.3, -0.25) is 15.0 Å². The second-order valence-corrected chi connectivity index (χ2v) is 8.90. The Balaban J connectivity index is 2.07. The minimum Gasteiger partial charge on any atom is -0.493 e. The lowest BCUT2D eigenvalue weighted by atomic mass is 9.84. The van der Waals surface area contributed by atoms with Crippen LogP contribution in [-0.4, -0.2) is 70.5 Å². The molecule has 212 valence electrons. The number of likely N-dealkylation sites (N-methyl/N-ethyl adjacent to an activating group) is 1. The fourth-order valence-corrected chi connectivity index (χ4v) is 5.44. The van der Waals surface area contributed by atoms with Gasteiger partial charge in [-0.2, -0.15) is 0 Å². The van der Waals surface area contributed by atoms with Gasteiger partial charge in [0.15, 0.2) is 28.9 Å². The predicted octanol–water partition coefficient (Wildman–Crippen LogP) is 4.26. The Morgan fingerprint density at radius 1 is 0.923 bits per heavy atom. The first kappa shape index (κ1) is 28.1. The molecule has 0 aliphatic carbocycles. The molecule has 39 heavy (non-hydrogen) atoms. The summed E-state index contributed by atoms with van der Waals surface area (Å²) >= 11 is 0. The van der Waals surface area contributed by atoms with Crippen LogP contribution in [0, 0.1) is 10.1 Å². The number of cyclic esters (lactones) is 1. The van der Waals surface area contributed by atoms with Gasteiger partial charge >= 0.3 is 11.7 Å². The van der Waals surface area contributed by atoms with Crippen molar-refractivity contribution in [3.8, 4) is 34.5 Å². The highest BCUT2D eigenvalue weighted by Crippen LogP contribution is 2.59. The molecule has 2 aliphatic heterocycles. The van der Waals surface area contributed by atoms with Crippen molar-refractivity contribution in [2.45, 2.75) is 39.3 Å². The average Bonchev–Trinajstić information content (AvgIpc) is 3.25. The summed E-state index contributed by atoms with van der Waals surface area (Å²) < 4.78 is 40.6. The average molecular weight is 547 g/mol. The van der Waals surface area contributed by atoms with Gasteiger partial charge in [0.1, 0.15) is 0 Å². The molecular formula is C27H34N2O10. The largest absolute Gasteiger partial charge is 0.493 e. The van der Waals surface area contributed by atoms with Gasteiger partial charge in [0, 0.05) is 12.1 Å². The molecule has 12 nitrogen and oxygen atoms in total. The molecule has 0 N–H and O–H groups in total. The van der Waals surface area contributed by atoms with E-state index in [0.29, 0.717) is 30.2 Å². The molecule has 0 bridgehead atoms. The molecule has 0 amide bonds. The number of hydrogen-bond donors (Lipinski definition) is 0. The molecule has 2 unspecified atom stereocenters. The van der Waals surface area contributed by atoms with Crippen LogP contribution in [0.2, 0.25) is 0 Å². The molecule has 12 heteroatoms. The maximum absolute atomic E-state index is 13.4. The van der Waals surface area contributed by atoms with Crippen LogP contribution in [0.15, 0.2) is 6.07 Å². The fraction of sp³-hybridized carbons (Fsp3) is 0.519. The van der Waals surface area contributed by atoms with Crippen LogP contribution in [0.4, 0.5) is 5.69 Å². The third kappa shape index (κ3) is 4.52. The number of carbonyl (C=O) groups excluding carboxylic acids is 1. The summed E-state index contributed by atoms with van der Waals surface area (Å²) in [6.07, 6.45) is -0.322. The van der Waals surface area contributed by atoms with Gasteiger partial charge in [0.25, 0.3) is 0 Å². The van der Waals surface area contributed by atoms with E-state index in [1.54, 1.807) is 27.9 Å². The minimum absolute atomic E-state index is 0.0629. The van der Waals surface area contributed by atoms with Crippen molar-refractivity contribution in [3.05, 3.63) is 38.4 Å². The number of nitrogens with zero attached hydrogens (tertiary/aromatic N) is 2. The predicted molar refractivity (Wildman–Crippen MR) is 140 cm³/mol. The molecular weight excluding hydrogens is 512 g/mol. The number of hydrogen-bond acceptors (Lipinski definition) is 11. The highest BCUT2D eigenvalue weighted by Gasteiger charge is 2.51. The second-order valence-electron chi connectivity index (χ2n) is 8.90. The summed E-state index contributed by atoms with van der Waals surface area (Å²) in [5, 5.41) is 12.4. The van der Waals surface area contributed by atoms with Crippen LogP contribution >= 0.6 is 0 Å². The van der Waals surface area contributed by atoms with Crippen molar-refractivity contribution in [2.75, 3.05) is 54.7 Å². The van der Waals surface area contributed by atoms with E-state index in [0.717, 1.165) is 11.1 Å². The smallest absolute Gasteiger partial charge is 0.346 e. The monoisotopic (exact) mass is 546 g/mol. The van der Waals surface area contributed by atoms with Gasteiger partial charge in [-0.1, -0.05) is 0 Å². The zero-order valence-corrected chi connectivity index (χ0v) is 23.2. The number of nitro groups is 1. The van der Waals surface area contributed by atoms with Gasteiger partial charge in [0.2, 0.25) is 17.2 Å². The van der Waals surface area contributed by atoms with Crippen molar-refractivity contribution in [1.29, 1.82) is 0 Å². The first-order chi connectivity index (χ1) is 18.8. The van der Waals surface area contributed by atoms with Gasteiger partial charge < -0.3 is 33.2 Å². The lowest BCUT2D eigenvalue weighted by molar-refractivity contribution is -0.386. The van der Waals surface area contributed by atoms with E-state index in [-0.39, 0.29) is 48.2 Å². The molecule has 0 spiro atoms. The molecule has 2 aromatic carbocycles. The molecule has 2 aromatic rings. The number of benzene rings is 2. The number of nitro benzene ring substituents is 1. The Kier molecular flexibility index (Phi) is 8.24. The number of esters is 1. The minimum atomic E-state index is -0.987. The van der Waals surface area contributed by atoms with Crippen LogP contribution in [0.1, 0.15) is 60.0 Å². The Hall–Kier alpha value is -3.93. The van der Waals surface area contributed by atoms with E-state index in [4.69, 9.17) is 33.2 Å². The van der Waals surface area contributed by atoms with Crippen LogP contribution in [0.3, 0.4) is 0 Å². The van der Waals surface area contributed by atoms with E-state index in [1.165, 1.54) is 14.2 Å². The number of carbonyl (C=O) groups is 1. The third-order valence-electron chi connectivity index (χ3n) is 6.89. The van der Waals surface area contributed by atoms with Gasteiger partial charge in [-0.25, -0.2) is 4.79 Å². The number of rotatable bonds is 11. The summed E-state index contributed by atoms with van der Waals surface area (Å²) in [6.45, 7) is 6.34. The van der Waals surface area contributed by atoms with Crippen molar-refractivity contribution in [2.24, 2.45) is 0 Å². The summed E-state index contributed by atoms with van der Waals surface area (Å²) in [7, 11) is 6.47. The first-order valence-corrected chi connectivity index (χ1v) is 12.8. The molecule has 0 fully saturated rings. The Morgan fingerprint density at radius 3 is 2.10 bits per heavy atom. The normalized spacial score (nSPS) is 18.1. The summed E-state index contributed by atoms with van der Waals surface area (Å²) in [4.78, 5) is 27.2. The maximum Gasteiger partial charge on any atom is 0.346 e. The van der Waals surface area contributed by atoms with E-state index >= 15 is 0 Å². The summed E-state index contributed by atoms with van der Waals surface area (Å²) in [6, 6.07) is 1.28. The third-order valence-corrected chi connectivity index (χ3v) is 6.89. The first-order valence-electron chi connectivity index (χ1n) is 12.8. The second kappa shape index (κ2) is 11.4. The Labute approximate surface area is 226 Å². The number of ether oxygens (including phenoxy) is 7. The number of methoxy groups -OCH3 is 3.